The van der Waals surface area contributed by atoms with Gasteiger partial charge < -0.3 is 64.7 Å². The summed E-state index contributed by atoms with van der Waals surface area (Å²) in [7, 11) is -5.38. The molecule has 9 N–H and O–H groups in total. The molecule has 0 amide bonds. The molecule has 1 saturated heterocycles. The summed E-state index contributed by atoms with van der Waals surface area (Å²) >= 11 is 0. The van der Waals surface area contributed by atoms with Crippen molar-refractivity contribution in [1.82, 2.24) is 0 Å². The molecule has 0 spiro atoms. The van der Waals surface area contributed by atoms with Crippen LogP contribution in [0.5, 0.6) is 0 Å². The van der Waals surface area contributed by atoms with E-state index in [1.54, 1.807) is 0 Å². The highest BCUT2D eigenvalue weighted by Crippen LogP contribution is 2.48. The molecule has 1 heterocycles. The number of unbranched alkanes of at least 4 members (excludes halogenated alkanes) is 26. The first-order valence-corrected chi connectivity index (χ1v) is 30.2. The summed E-state index contributed by atoms with van der Waals surface area (Å²) < 4.78 is 45.7. The van der Waals surface area contributed by atoms with Gasteiger partial charge in [0.15, 0.2) is 12.4 Å². The van der Waals surface area contributed by atoms with E-state index in [0.717, 1.165) is 57.3 Å². The van der Waals surface area contributed by atoms with Crippen molar-refractivity contribution in [1.29, 1.82) is 0 Å². The highest BCUT2D eigenvalue weighted by Gasteiger charge is 2.55. The van der Waals surface area contributed by atoms with Crippen LogP contribution in [0.25, 0.3) is 0 Å². The molecular weight excluding hydrogens is 968 g/mol. The van der Waals surface area contributed by atoms with Crippen molar-refractivity contribution < 1.29 is 87.9 Å². The minimum absolute atomic E-state index is 0.0373. The number of phosphoric acid groups is 1. The summed E-state index contributed by atoms with van der Waals surface area (Å²) in [5, 5.41) is 83.2. The van der Waals surface area contributed by atoms with Gasteiger partial charge in [-0.2, -0.15) is 0 Å². The fourth-order valence-corrected chi connectivity index (χ4v) is 10.6. The predicted octanol–water partition coefficient (Wildman–Crippen LogP) is 8.14. The standard InChI is InChI=1S/C54H103O18P/c1-4-6-8-10-12-13-14-15-16-17-18-19-20-21-22-27-31-35-43(56)67-38-41(69-44(57)36-32-28-24-23-26-30-34-40(3)33-29-25-11-9-7-5-2)39-68-73(65,66)72-53-50(63)48(61)47(60)49(62)52(53)71-54-51(64)46(59)45(58)42(37-55)70-54/h40-42,45-55,58-64H,4-39H2,1-3H3,(H,65,66). The summed E-state index contributed by atoms with van der Waals surface area (Å²) in [5.74, 6) is -0.481. The molecule has 2 aliphatic rings. The van der Waals surface area contributed by atoms with Crippen LogP contribution in [-0.2, 0) is 42.1 Å². The lowest BCUT2D eigenvalue weighted by Gasteiger charge is -2.47. The molecule has 2 fully saturated rings. The second-order valence-corrected chi connectivity index (χ2v) is 22.5. The second-order valence-electron chi connectivity index (χ2n) is 21.1. The lowest BCUT2D eigenvalue weighted by molar-refractivity contribution is -0.338. The monoisotopic (exact) mass is 1070 g/mol. The summed E-state index contributed by atoms with van der Waals surface area (Å²) in [4.78, 5) is 36.8. The molecule has 0 aromatic heterocycles. The number of esters is 2. The highest BCUT2D eigenvalue weighted by atomic mass is 31.2. The smallest absolute Gasteiger partial charge is 0.462 e. The molecule has 1 aliphatic carbocycles. The van der Waals surface area contributed by atoms with Crippen LogP contribution in [0, 0.1) is 5.92 Å². The van der Waals surface area contributed by atoms with E-state index in [-0.39, 0.29) is 12.8 Å². The van der Waals surface area contributed by atoms with E-state index < -0.39 is 113 Å². The number of aliphatic hydroxyl groups is 8. The van der Waals surface area contributed by atoms with Gasteiger partial charge in [-0.15, -0.1) is 0 Å². The second kappa shape index (κ2) is 40.8. The Balaban J connectivity index is 1.90. The quantitative estimate of drug-likeness (QED) is 0.0158. The third-order valence-electron chi connectivity index (χ3n) is 14.5. The largest absolute Gasteiger partial charge is 0.472 e. The molecule has 1 saturated carbocycles. The van der Waals surface area contributed by atoms with Crippen molar-refractivity contribution in [3.63, 3.8) is 0 Å². The minimum atomic E-state index is -5.38. The molecule has 0 bridgehead atoms. The third kappa shape index (κ3) is 29.3. The first-order chi connectivity index (χ1) is 35.1. The lowest BCUT2D eigenvalue weighted by Crippen LogP contribution is -2.67. The van der Waals surface area contributed by atoms with Gasteiger partial charge >= 0.3 is 19.8 Å². The zero-order chi connectivity index (χ0) is 53.9. The summed E-state index contributed by atoms with van der Waals surface area (Å²) in [6.07, 6.45) is 13.1. The number of phosphoric ester groups is 1. The molecule has 14 atom stereocenters. The summed E-state index contributed by atoms with van der Waals surface area (Å²) in [6.45, 7) is 4.61. The molecule has 0 aromatic rings. The molecule has 19 heteroatoms. The fourth-order valence-electron chi connectivity index (χ4n) is 9.66. The van der Waals surface area contributed by atoms with Crippen molar-refractivity contribution in [3.05, 3.63) is 0 Å². The Bertz CT molecular complexity index is 1430. The van der Waals surface area contributed by atoms with Crippen LogP contribution in [0.4, 0.5) is 0 Å². The van der Waals surface area contributed by atoms with Gasteiger partial charge in [0.05, 0.1) is 13.2 Å². The van der Waals surface area contributed by atoms with Crippen LogP contribution < -0.4 is 0 Å². The first kappa shape index (κ1) is 67.8. The van der Waals surface area contributed by atoms with Crippen molar-refractivity contribution in [2.45, 2.75) is 306 Å². The van der Waals surface area contributed by atoms with Gasteiger partial charge in [0.2, 0.25) is 0 Å². The molecule has 18 nitrogen and oxygen atoms in total. The van der Waals surface area contributed by atoms with Gasteiger partial charge in [-0.3, -0.25) is 18.6 Å². The van der Waals surface area contributed by atoms with Crippen LogP contribution in [0.1, 0.15) is 233 Å². The number of aliphatic hydroxyl groups excluding tert-OH is 8. The SMILES string of the molecule is CCCCCCCCCCCCCCCCCCCC(=O)OCC(COP(=O)(O)OC1C(O)C(O)C(O)C(O)C1OC1OC(CO)C(O)C(O)C1O)OC(=O)CCCCCCCCC(C)CCCCCCCC. The Morgan fingerprint density at radius 1 is 0.507 bits per heavy atom. The zero-order valence-corrected chi connectivity index (χ0v) is 46.0. The number of carbonyl (C=O) groups excluding carboxylic acids is 2. The third-order valence-corrected chi connectivity index (χ3v) is 15.4. The lowest BCUT2D eigenvalue weighted by atomic mass is 9.84. The maximum Gasteiger partial charge on any atom is 0.472 e. The van der Waals surface area contributed by atoms with Gasteiger partial charge in [-0.25, -0.2) is 4.57 Å². The molecule has 73 heavy (non-hydrogen) atoms. The number of hydrogen-bond acceptors (Lipinski definition) is 17. The number of carbonyl (C=O) groups is 2. The van der Waals surface area contributed by atoms with E-state index in [1.807, 2.05) is 0 Å². The van der Waals surface area contributed by atoms with Crippen LogP contribution in [0.15, 0.2) is 0 Å². The van der Waals surface area contributed by atoms with E-state index in [0.29, 0.717) is 12.8 Å². The maximum absolute atomic E-state index is 13.5. The first-order valence-electron chi connectivity index (χ1n) is 28.8. The maximum atomic E-state index is 13.5. The van der Waals surface area contributed by atoms with Gasteiger partial charge in [0.1, 0.15) is 67.6 Å². The predicted molar refractivity (Wildman–Crippen MR) is 277 cm³/mol. The Labute approximate surface area is 438 Å². The summed E-state index contributed by atoms with van der Waals surface area (Å²) in [5.41, 5.74) is 0. The number of hydrogen-bond donors (Lipinski definition) is 9. The molecule has 1 aliphatic heterocycles. The zero-order valence-electron chi connectivity index (χ0n) is 45.1. The normalized spacial score (nSPS) is 27.1. The van der Waals surface area contributed by atoms with Gasteiger partial charge in [-0.05, 0) is 18.8 Å². The Kier molecular flexibility index (Phi) is 37.9. The summed E-state index contributed by atoms with van der Waals surface area (Å²) in [6, 6.07) is 0. The van der Waals surface area contributed by atoms with Crippen LogP contribution >= 0.6 is 7.82 Å². The van der Waals surface area contributed by atoms with E-state index >= 15 is 0 Å². The Morgan fingerprint density at radius 2 is 0.904 bits per heavy atom. The number of rotatable bonds is 45. The van der Waals surface area contributed by atoms with Gasteiger partial charge in [0.25, 0.3) is 0 Å². The van der Waals surface area contributed by atoms with E-state index in [1.165, 1.54) is 135 Å². The molecule has 2 rings (SSSR count). The molecule has 0 aromatic carbocycles. The Morgan fingerprint density at radius 3 is 1.36 bits per heavy atom. The minimum Gasteiger partial charge on any atom is -0.462 e. The van der Waals surface area contributed by atoms with E-state index in [2.05, 4.69) is 20.8 Å². The van der Waals surface area contributed by atoms with E-state index in [9.17, 15) is 59.9 Å². The van der Waals surface area contributed by atoms with Crippen LogP contribution in [0.3, 0.4) is 0 Å². The van der Waals surface area contributed by atoms with Crippen LogP contribution in [0.2, 0.25) is 0 Å². The average Bonchev–Trinajstić information content (AvgIpc) is 3.37. The van der Waals surface area contributed by atoms with Crippen molar-refractivity contribution in [3.8, 4) is 0 Å². The molecule has 14 unspecified atom stereocenters. The van der Waals surface area contributed by atoms with Crippen LogP contribution in [-0.4, -0.2) is 151 Å². The Hall–Kier alpha value is -1.35. The molecule has 0 radical (unpaired) electrons. The topological polar surface area (TPSA) is 289 Å². The number of ether oxygens (including phenoxy) is 4. The molecule has 432 valence electrons. The average molecular weight is 1070 g/mol. The van der Waals surface area contributed by atoms with Crippen molar-refractivity contribution in [2.75, 3.05) is 19.8 Å². The van der Waals surface area contributed by atoms with Crippen molar-refractivity contribution >= 4 is 19.8 Å². The van der Waals surface area contributed by atoms with Gasteiger partial charge in [-0.1, -0.05) is 207 Å². The van der Waals surface area contributed by atoms with E-state index in [4.69, 9.17) is 28.0 Å². The highest BCUT2D eigenvalue weighted by molar-refractivity contribution is 7.47. The fraction of sp³-hybridized carbons (Fsp3) is 0.963. The molecular formula is C54H103O18P. The van der Waals surface area contributed by atoms with Gasteiger partial charge in [0, 0.05) is 12.8 Å². The van der Waals surface area contributed by atoms with Crippen molar-refractivity contribution in [2.24, 2.45) is 5.92 Å².